The number of hydrogen-bond donors (Lipinski definition) is 3. The van der Waals surface area contributed by atoms with E-state index in [2.05, 4.69) is 15.6 Å². The van der Waals surface area contributed by atoms with Crippen LogP contribution in [0.1, 0.15) is 24.1 Å². The van der Waals surface area contributed by atoms with Crippen molar-refractivity contribution in [2.24, 2.45) is 5.73 Å². The minimum atomic E-state index is -0.291. The molecular weight excluding hydrogens is 252 g/mol. The molecule has 2 rings (SSSR count). The molecule has 0 bridgehead atoms. The second-order valence-electron chi connectivity index (χ2n) is 4.68. The van der Waals surface area contributed by atoms with E-state index in [-0.39, 0.29) is 12.1 Å². The summed E-state index contributed by atoms with van der Waals surface area (Å²) in [5.41, 5.74) is 9.15. The predicted octanol–water partition coefficient (Wildman–Crippen LogP) is 3.05. The third-order valence-corrected chi connectivity index (χ3v) is 2.94. The van der Waals surface area contributed by atoms with Crippen LogP contribution in [0.5, 0.6) is 0 Å². The lowest BCUT2D eigenvalue weighted by Gasteiger charge is -2.11. The minimum Gasteiger partial charge on any atom is -0.324 e. The van der Waals surface area contributed by atoms with E-state index in [0.29, 0.717) is 5.69 Å². The molecule has 1 aromatic heterocycles. The van der Waals surface area contributed by atoms with Crippen molar-refractivity contribution < 1.29 is 4.79 Å². The zero-order valence-electron chi connectivity index (χ0n) is 11.6. The highest BCUT2D eigenvalue weighted by Gasteiger charge is 2.06. The number of amides is 2. The fraction of sp³-hybridized carbons (Fsp3) is 0.200. The lowest BCUT2D eigenvalue weighted by atomic mass is 10.1. The van der Waals surface area contributed by atoms with Gasteiger partial charge in [0.1, 0.15) is 0 Å². The first kappa shape index (κ1) is 14.0. The maximum absolute atomic E-state index is 11.9. The molecule has 5 heteroatoms. The number of aryl methyl sites for hydroxylation is 1. The Balaban J connectivity index is 2.05. The summed E-state index contributed by atoms with van der Waals surface area (Å²) in [6.45, 7) is 3.79. The maximum Gasteiger partial charge on any atom is 0.323 e. The van der Waals surface area contributed by atoms with E-state index in [4.69, 9.17) is 5.73 Å². The molecule has 1 atom stereocenters. The first-order valence-electron chi connectivity index (χ1n) is 6.40. The average Bonchev–Trinajstić information content (AvgIpc) is 2.41. The monoisotopic (exact) mass is 270 g/mol. The average molecular weight is 270 g/mol. The molecule has 0 saturated heterocycles. The molecule has 4 N–H and O–H groups in total. The highest BCUT2D eigenvalue weighted by atomic mass is 16.2. The van der Waals surface area contributed by atoms with E-state index in [0.717, 1.165) is 16.8 Å². The van der Waals surface area contributed by atoms with Crippen LogP contribution in [0.25, 0.3) is 0 Å². The van der Waals surface area contributed by atoms with E-state index in [1.807, 2.05) is 38.1 Å². The van der Waals surface area contributed by atoms with Crippen LogP contribution in [0.2, 0.25) is 0 Å². The molecule has 1 heterocycles. The highest BCUT2D eigenvalue weighted by molar-refractivity contribution is 6.00. The van der Waals surface area contributed by atoms with E-state index in [1.165, 1.54) is 0 Å². The first-order valence-corrected chi connectivity index (χ1v) is 6.40. The zero-order chi connectivity index (χ0) is 14.5. The van der Waals surface area contributed by atoms with Crippen molar-refractivity contribution in [2.45, 2.75) is 19.9 Å². The van der Waals surface area contributed by atoms with Gasteiger partial charge in [-0.2, -0.15) is 0 Å². The number of rotatable bonds is 3. The summed E-state index contributed by atoms with van der Waals surface area (Å²) in [4.78, 5) is 15.9. The van der Waals surface area contributed by atoms with Gasteiger partial charge < -0.3 is 16.4 Å². The Bertz CT molecular complexity index is 610. The van der Waals surface area contributed by atoms with Crippen molar-refractivity contribution >= 4 is 17.4 Å². The van der Waals surface area contributed by atoms with Crippen molar-refractivity contribution in [3.8, 4) is 0 Å². The second kappa shape index (κ2) is 6.16. The molecule has 0 radical (unpaired) electrons. The molecule has 0 spiro atoms. The molecule has 1 unspecified atom stereocenters. The number of carbonyl (C=O) groups is 1. The third kappa shape index (κ3) is 3.55. The predicted molar refractivity (Wildman–Crippen MR) is 80.7 cm³/mol. The van der Waals surface area contributed by atoms with Gasteiger partial charge in [-0.1, -0.05) is 12.1 Å². The fourth-order valence-corrected chi connectivity index (χ4v) is 1.80. The Hall–Kier alpha value is -2.40. The van der Waals surface area contributed by atoms with Gasteiger partial charge in [0.15, 0.2) is 0 Å². The maximum atomic E-state index is 11.9. The summed E-state index contributed by atoms with van der Waals surface area (Å²) in [7, 11) is 0. The smallest absolute Gasteiger partial charge is 0.323 e. The largest absolute Gasteiger partial charge is 0.324 e. The standard InChI is InChI=1S/C15H18N4O/c1-10-9-17-7-6-14(10)19-15(20)18-13-5-3-4-12(8-13)11(2)16/h3-9,11H,16H2,1-2H3,(H2,17,18,19,20). The number of anilines is 2. The van der Waals surface area contributed by atoms with Crippen molar-refractivity contribution in [3.05, 3.63) is 53.9 Å². The lowest BCUT2D eigenvalue weighted by Crippen LogP contribution is -2.20. The molecule has 0 aliphatic rings. The minimum absolute atomic E-state index is 0.0674. The number of nitrogens with zero attached hydrogens (tertiary/aromatic N) is 1. The van der Waals surface area contributed by atoms with Crippen LogP contribution in [-0.2, 0) is 0 Å². The molecule has 5 nitrogen and oxygen atoms in total. The summed E-state index contributed by atoms with van der Waals surface area (Å²) >= 11 is 0. The van der Waals surface area contributed by atoms with Crippen molar-refractivity contribution in [1.29, 1.82) is 0 Å². The summed E-state index contributed by atoms with van der Waals surface area (Å²) in [6, 6.07) is 8.89. The van der Waals surface area contributed by atoms with Crippen LogP contribution in [0.3, 0.4) is 0 Å². The molecule has 0 aliphatic heterocycles. The fourth-order valence-electron chi connectivity index (χ4n) is 1.80. The lowest BCUT2D eigenvalue weighted by molar-refractivity contribution is 0.262. The number of nitrogens with one attached hydrogen (secondary N) is 2. The van der Waals surface area contributed by atoms with Gasteiger partial charge in [0, 0.05) is 29.8 Å². The molecule has 0 saturated carbocycles. The Morgan fingerprint density at radius 1 is 1.30 bits per heavy atom. The summed E-state index contributed by atoms with van der Waals surface area (Å²) in [6.07, 6.45) is 3.34. The Kier molecular flexibility index (Phi) is 4.32. The van der Waals surface area contributed by atoms with Gasteiger partial charge in [-0.15, -0.1) is 0 Å². The molecule has 2 aromatic rings. The van der Waals surface area contributed by atoms with Gasteiger partial charge in [0.25, 0.3) is 0 Å². The van der Waals surface area contributed by atoms with Crippen molar-refractivity contribution in [3.63, 3.8) is 0 Å². The molecule has 1 aromatic carbocycles. The van der Waals surface area contributed by atoms with Gasteiger partial charge in [0.2, 0.25) is 0 Å². The number of nitrogens with two attached hydrogens (primary N) is 1. The SMILES string of the molecule is Cc1cnccc1NC(=O)Nc1cccc(C(C)N)c1. The molecule has 2 amide bonds. The first-order chi connectivity index (χ1) is 9.56. The van der Waals surface area contributed by atoms with Gasteiger partial charge in [0.05, 0.1) is 0 Å². The molecule has 20 heavy (non-hydrogen) atoms. The van der Waals surface area contributed by atoms with E-state index in [1.54, 1.807) is 18.5 Å². The van der Waals surface area contributed by atoms with Crippen LogP contribution in [0.15, 0.2) is 42.7 Å². The van der Waals surface area contributed by atoms with Crippen LogP contribution in [0, 0.1) is 6.92 Å². The molecule has 0 fully saturated rings. The van der Waals surface area contributed by atoms with Gasteiger partial charge in [-0.25, -0.2) is 4.79 Å². The van der Waals surface area contributed by atoms with Crippen LogP contribution < -0.4 is 16.4 Å². The summed E-state index contributed by atoms with van der Waals surface area (Å²) in [5, 5.41) is 5.57. The van der Waals surface area contributed by atoms with E-state index in [9.17, 15) is 4.79 Å². The summed E-state index contributed by atoms with van der Waals surface area (Å²) < 4.78 is 0. The normalized spacial score (nSPS) is 11.8. The number of aromatic nitrogens is 1. The second-order valence-corrected chi connectivity index (χ2v) is 4.68. The van der Waals surface area contributed by atoms with Gasteiger partial charge in [-0.3, -0.25) is 4.98 Å². The number of pyridine rings is 1. The summed E-state index contributed by atoms with van der Waals surface area (Å²) in [5.74, 6) is 0. The quantitative estimate of drug-likeness (QED) is 0.802. The zero-order valence-corrected chi connectivity index (χ0v) is 11.6. The third-order valence-electron chi connectivity index (χ3n) is 2.94. The van der Waals surface area contributed by atoms with Gasteiger partial charge in [-0.05, 0) is 43.2 Å². The van der Waals surface area contributed by atoms with Gasteiger partial charge >= 0.3 is 6.03 Å². The Labute approximate surface area is 118 Å². The Morgan fingerprint density at radius 3 is 2.80 bits per heavy atom. The van der Waals surface area contributed by atoms with Crippen LogP contribution in [-0.4, -0.2) is 11.0 Å². The van der Waals surface area contributed by atoms with Crippen LogP contribution in [0.4, 0.5) is 16.2 Å². The van der Waals surface area contributed by atoms with E-state index >= 15 is 0 Å². The molecule has 104 valence electrons. The number of urea groups is 1. The number of carbonyl (C=O) groups excluding carboxylic acids is 1. The number of benzene rings is 1. The van der Waals surface area contributed by atoms with Crippen molar-refractivity contribution in [1.82, 2.24) is 4.98 Å². The number of hydrogen-bond acceptors (Lipinski definition) is 3. The topological polar surface area (TPSA) is 80.0 Å². The van der Waals surface area contributed by atoms with E-state index < -0.39 is 0 Å². The van der Waals surface area contributed by atoms with Crippen LogP contribution >= 0.6 is 0 Å². The highest BCUT2D eigenvalue weighted by Crippen LogP contribution is 2.16. The molecule has 0 aliphatic carbocycles. The van der Waals surface area contributed by atoms with Crippen molar-refractivity contribution in [2.75, 3.05) is 10.6 Å². The Morgan fingerprint density at radius 2 is 2.10 bits per heavy atom. The molecular formula is C15H18N4O.